The molecular weight excluding hydrogens is 508 g/mol. The fourth-order valence-corrected chi connectivity index (χ4v) is 4.50. The van der Waals surface area contributed by atoms with Gasteiger partial charge in [-0.15, -0.1) is 5.06 Å². The molecule has 39 heavy (non-hydrogen) atoms. The highest BCUT2D eigenvalue weighted by atomic mass is 16.7. The summed E-state index contributed by atoms with van der Waals surface area (Å²) in [5, 5.41) is 15.1. The molecule has 1 N–H and O–H groups in total. The summed E-state index contributed by atoms with van der Waals surface area (Å²) in [5.74, 6) is -1.74. The standard InChI is InChI=1S/C27H28N4O8/c1-27(2,3)38-25(34)22(39-31-23(32)19-6-4-5-7-20(19)24(31)33)15-37-18-8-9-21-16(12-18)13-30(28-21)17-10-11-29(14-17)26(35)36/h4-9,12-13,17,22H,10-11,14-15H2,1-3H3,(H,35,36). The number of amides is 3. The summed E-state index contributed by atoms with van der Waals surface area (Å²) in [7, 11) is 0. The zero-order valence-corrected chi connectivity index (χ0v) is 21.7. The fraction of sp³-hybridized carbons (Fsp3) is 0.370. The lowest BCUT2D eigenvalue weighted by atomic mass is 10.1. The molecular formula is C27H28N4O8. The molecule has 3 amide bonds. The number of carbonyl (C=O) groups excluding carboxylic acids is 3. The number of hydroxylamine groups is 2. The Hall–Kier alpha value is -4.45. The zero-order chi connectivity index (χ0) is 27.9. The van der Waals surface area contributed by atoms with Gasteiger partial charge in [0.05, 0.1) is 22.7 Å². The van der Waals surface area contributed by atoms with Gasteiger partial charge in [0, 0.05) is 24.7 Å². The summed E-state index contributed by atoms with van der Waals surface area (Å²) in [5.41, 5.74) is 0.220. The molecule has 0 radical (unpaired) electrons. The molecule has 0 bridgehead atoms. The number of benzene rings is 2. The van der Waals surface area contributed by atoms with Crippen molar-refractivity contribution in [3.8, 4) is 5.75 Å². The second kappa shape index (κ2) is 10.0. The third-order valence-corrected chi connectivity index (χ3v) is 6.36. The fourth-order valence-electron chi connectivity index (χ4n) is 4.50. The molecule has 2 atom stereocenters. The molecule has 0 saturated carbocycles. The molecule has 2 unspecified atom stereocenters. The first-order valence-corrected chi connectivity index (χ1v) is 12.5. The van der Waals surface area contributed by atoms with Gasteiger partial charge in [0.1, 0.15) is 18.0 Å². The van der Waals surface area contributed by atoms with E-state index in [2.05, 4.69) is 5.10 Å². The molecule has 2 aliphatic heterocycles. The van der Waals surface area contributed by atoms with Crippen LogP contribution in [0.2, 0.25) is 0 Å². The van der Waals surface area contributed by atoms with E-state index in [0.29, 0.717) is 35.8 Å². The van der Waals surface area contributed by atoms with Crippen molar-refractivity contribution in [1.82, 2.24) is 19.7 Å². The van der Waals surface area contributed by atoms with Crippen LogP contribution >= 0.6 is 0 Å². The number of nitrogens with zero attached hydrogens (tertiary/aromatic N) is 4. The summed E-state index contributed by atoms with van der Waals surface area (Å²) in [6.07, 6.45) is 0.119. The number of hydrogen-bond acceptors (Lipinski definition) is 8. The molecule has 0 aliphatic carbocycles. The Kier molecular flexibility index (Phi) is 6.73. The number of esters is 1. The monoisotopic (exact) mass is 536 g/mol. The van der Waals surface area contributed by atoms with Gasteiger partial charge in [-0.3, -0.25) is 14.3 Å². The number of fused-ring (bicyclic) bond motifs is 2. The van der Waals surface area contributed by atoms with Crippen molar-refractivity contribution in [2.75, 3.05) is 19.7 Å². The largest absolute Gasteiger partial charge is 0.490 e. The van der Waals surface area contributed by atoms with Gasteiger partial charge in [-0.2, -0.15) is 5.10 Å². The normalized spacial score (nSPS) is 18.0. The Morgan fingerprint density at radius 2 is 1.79 bits per heavy atom. The number of rotatable bonds is 7. The van der Waals surface area contributed by atoms with Crippen LogP contribution in [0.5, 0.6) is 5.75 Å². The summed E-state index contributed by atoms with van der Waals surface area (Å²) in [6, 6.07) is 11.4. The van der Waals surface area contributed by atoms with Crippen LogP contribution in [0.15, 0.2) is 48.7 Å². The average Bonchev–Trinajstić information content (AvgIpc) is 3.59. The van der Waals surface area contributed by atoms with Crippen molar-refractivity contribution in [3.05, 3.63) is 59.8 Å². The lowest BCUT2D eigenvalue weighted by Gasteiger charge is -2.26. The quantitative estimate of drug-likeness (QED) is 0.356. The van der Waals surface area contributed by atoms with Crippen molar-refractivity contribution < 1.29 is 38.6 Å². The van der Waals surface area contributed by atoms with Crippen LogP contribution in [0.25, 0.3) is 10.9 Å². The smallest absolute Gasteiger partial charge is 0.407 e. The van der Waals surface area contributed by atoms with Crippen molar-refractivity contribution in [3.63, 3.8) is 0 Å². The Morgan fingerprint density at radius 3 is 2.41 bits per heavy atom. The van der Waals surface area contributed by atoms with Crippen molar-refractivity contribution in [2.45, 2.75) is 44.9 Å². The van der Waals surface area contributed by atoms with E-state index in [1.54, 1.807) is 55.8 Å². The third-order valence-electron chi connectivity index (χ3n) is 6.36. The molecule has 12 nitrogen and oxygen atoms in total. The zero-order valence-electron chi connectivity index (χ0n) is 21.7. The number of carboxylic acid groups (broad SMARTS) is 1. The summed E-state index contributed by atoms with van der Waals surface area (Å²) >= 11 is 0. The minimum atomic E-state index is -1.41. The van der Waals surface area contributed by atoms with Crippen LogP contribution < -0.4 is 4.74 Å². The van der Waals surface area contributed by atoms with Gasteiger partial charge in [0.15, 0.2) is 0 Å². The molecule has 2 aliphatic rings. The Balaban J connectivity index is 1.31. The van der Waals surface area contributed by atoms with Crippen LogP contribution in [-0.2, 0) is 14.4 Å². The summed E-state index contributed by atoms with van der Waals surface area (Å²) in [6.45, 7) is 5.55. The van der Waals surface area contributed by atoms with Crippen LogP contribution in [-0.4, -0.2) is 80.1 Å². The Labute approximate surface area is 223 Å². The molecule has 1 aromatic heterocycles. The minimum Gasteiger partial charge on any atom is -0.490 e. The lowest BCUT2D eigenvalue weighted by molar-refractivity contribution is -0.193. The summed E-state index contributed by atoms with van der Waals surface area (Å²) < 4.78 is 13.1. The first-order chi connectivity index (χ1) is 18.5. The van der Waals surface area contributed by atoms with Crippen LogP contribution in [0.4, 0.5) is 4.79 Å². The van der Waals surface area contributed by atoms with E-state index in [9.17, 15) is 24.3 Å². The number of hydrogen-bond donors (Lipinski definition) is 1. The van der Waals surface area contributed by atoms with Gasteiger partial charge in [0.2, 0.25) is 6.10 Å². The second-order valence-corrected chi connectivity index (χ2v) is 10.4. The summed E-state index contributed by atoms with van der Waals surface area (Å²) in [4.78, 5) is 56.7. The van der Waals surface area contributed by atoms with Gasteiger partial charge in [-0.05, 0) is 57.5 Å². The lowest BCUT2D eigenvalue weighted by Crippen LogP contribution is -2.43. The van der Waals surface area contributed by atoms with E-state index in [1.165, 1.54) is 17.0 Å². The molecule has 12 heteroatoms. The van der Waals surface area contributed by atoms with Gasteiger partial charge in [-0.1, -0.05) is 12.1 Å². The highest BCUT2D eigenvalue weighted by Gasteiger charge is 2.40. The minimum absolute atomic E-state index is 0.0672. The van der Waals surface area contributed by atoms with E-state index in [1.807, 2.05) is 6.20 Å². The average molecular weight is 537 g/mol. The van der Waals surface area contributed by atoms with E-state index in [-0.39, 0.29) is 23.8 Å². The molecule has 3 aromatic rings. The van der Waals surface area contributed by atoms with Crippen LogP contribution in [0, 0.1) is 0 Å². The van der Waals surface area contributed by atoms with E-state index < -0.39 is 35.6 Å². The molecule has 1 fully saturated rings. The van der Waals surface area contributed by atoms with E-state index in [4.69, 9.17) is 14.3 Å². The van der Waals surface area contributed by atoms with Gasteiger partial charge in [-0.25, -0.2) is 14.4 Å². The first-order valence-electron chi connectivity index (χ1n) is 12.5. The molecule has 2 aromatic carbocycles. The van der Waals surface area contributed by atoms with Crippen molar-refractivity contribution in [2.24, 2.45) is 0 Å². The highest BCUT2D eigenvalue weighted by Crippen LogP contribution is 2.27. The Bertz CT molecular complexity index is 1420. The number of likely N-dealkylation sites (tertiary alicyclic amines) is 1. The third kappa shape index (κ3) is 5.41. The van der Waals surface area contributed by atoms with Crippen molar-refractivity contribution in [1.29, 1.82) is 0 Å². The highest BCUT2D eigenvalue weighted by molar-refractivity contribution is 6.20. The van der Waals surface area contributed by atoms with Gasteiger partial charge in [0.25, 0.3) is 11.8 Å². The first kappa shape index (κ1) is 26.2. The van der Waals surface area contributed by atoms with E-state index >= 15 is 0 Å². The van der Waals surface area contributed by atoms with Crippen LogP contribution in [0.3, 0.4) is 0 Å². The van der Waals surface area contributed by atoms with E-state index in [0.717, 1.165) is 5.39 Å². The molecule has 204 valence electrons. The predicted molar refractivity (Wildman–Crippen MR) is 136 cm³/mol. The maximum atomic E-state index is 13.0. The number of imide groups is 1. The Morgan fingerprint density at radius 1 is 1.10 bits per heavy atom. The number of carbonyl (C=O) groups is 4. The molecule has 5 rings (SSSR count). The van der Waals surface area contributed by atoms with Crippen molar-refractivity contribution >= 4 is 34.8 Å². The van der Waals surface area contributed by atoms with Gasteiger partial charge < -0.3 is 19.5 Å². The maximum absolute atomic E-state index is 13.0. The van der Waals surface area contributed by atoms with Crippen LogP contribution in [0.1, 0.15) is 53.9 Å². The molecule has 0 spiro atoms. The van der Waals surface area contributed by atoms with Gasteiger partial charge >= 0.3 is 12.1 Å². The predicted octanol–water partition coefficient (Wildman–Crippen LogP) is 3.28. The topological polar surface area (TPSA) is 140 Å². The maximum Gasteiger partial charge on any atom is 0.407 e. The number of aromatic nitrogens is 2. The second-order valence-electron chi connectivity index (χ2n) is 10.4. The number of ether oxygens (including phenoxy) is 2. The molecule has 1 saturated heterocycles. The SMILES string of the molecule is CC(C)(C)OC(=O)C(COc1ccc2nn(C3CCN(C(=O)O)C3)cc2c1)ON1C(=O)c2ccccc2C1=O. The molecule has 3 heterocycles.